The summed E-state index contributed by atoms with van der Waals surface area (Å²) in [5.41, 5.74) is 2.87. The molecule has 2 aromatic carbocycles. The molecule has 1 aromatic heterocycles. The number of likely N-dealkylation sites (tertiary alicyclic amines) is 1. The van der Waals surface area contributed by atoms with Gasteiger partial charge in [0.2, 0.25) is 5.91 Å². The Labute approximate surface area is 203 Å². The van der Waals surface area contributed by atoms with E-state index >= 15 is 0 Å². The number of rotatable bonds is 9. The number of hydrogen-bond acceptors (Lipinski definition) is 5. The first kappa shape index (κ1) is 22.7. The largest absolute Gasteiger partial charge is 0.351 e. The third kappa shape index (κ3) is 5.50. The molecule has 0 unspecified atom stereocenters. The Morgan fingerprint density at radius 1 is 0.941 bits per heavy atom. The highest BCUT2D eigenvalue weighted by molar-refractivity contribution is 7.99. The van der Waals surface area contributed by atoms with E-state index in [1.807, 2.05) is 47.4 Å². The average molecular weight is 476 g/mol. The molecule has 2 aliphatic rings. The minimum absolute atomic E-state index is 0.0514. The van der Waals surface area contributed by atoms with E-state index in [0.29, 0.717) is 24.6 Å². The molecule has 1 saturated carbocycles. The van der Waals surface area contributed by atoms with Crippen LogP contribution in [0.15, 0.2) is 59.8 Å². The Balaban J connectivity index is 1.14. The molecule has 5 rings (SSSR count). The predicted octanol–water partition coefficient (Wildman–Crippen LogP) is 3.85. The van der Waals surface area contributed by atoms with Gasteiger partial charge in [-0.3, -0.25) is 9.59 Å². The lowest BCUT2D eigenvalue weighted by Gasteiger charge is -2.15. The molecular weight excluding hydrogens is 446 g/mol. The van der Waals surface area contributed by atoms with Crippen LogP contribution in [0.25, 0.3) is 0 Å². The molecule has 1 saturated heterocycles. The highest BCUT2D eigenvalue weighted by Crippen LogP contribution is 2.40. The Morgan fingerprint density at radius 2 is 1.68 bits per heavy atom. The molecule has 2 amide bonds. The van der Waals surface area contributed by atoms with Crippen molar-refractivity contribution in [3.8, 4) is 0 Å². The van der Waals surface area contributed by atoms with Crippen molar-refractivity contribution in [2.24, 2.45) is 0 Å². The van der Waals surface area contributed by atoms with E-state index in [1.165, 1.54) is 17.3 Å². The third-order valence-corrected chi connectivity index (χ3v) is 7.25. The smallest absolute Gasteiger partial charge is 0.253 e. The van der Waals surface area contributed by atoms with Crippen LogP contribution >= 0.6 is 11.8 Å². The maximum Gasteiger partial charge on any atom is 0.253 e. The molecule has 0 radical (unpaired) electrons. The zero-order valence-corrected chi connectivity index (χ0v) is 20.0. The first-order chi connectivity index (χ1) is 16.7. The van der Waals surface area contributed by atoms with Gasteiger partial charge in [0.05, 0.1) is 12.3 Å². The number of nitrogens with one attached hydrogen (secondary N) is 1. The molecular formula is C26H29N5O2S. The highest BCUT2D eigenvalue weighted by Gasteiger charge is 2.30. The molecule has 34 heavy (non-hydrogen) atoms. The molecule has 7 nitrogen and oxygen atoms in total. The standard InChI is InChI=1S/C26H29N5O2S/c32-23(27-16-19-8-10-22(11-9-19)25(33)30-14-4-5-15-30)18-34-26-29-28-24(21-12-13-21)31(26)17-20-6-2-1-3-7-20/h1-3,6-11,21H,4-5,12-18H2,(H,27,32). The van der Waals surface area contributed by atoms with E-state index in [-0.39, 0.29) is 17.6 Å². The van der Waals surface area contributed by atoms with Crippen LogP contribution in [-0.4, -0.2) is 50.3 Å². The fraction of sp³-hybridized carbons (Fsp3) is 0.385. The van der Waals surface area contributed by atoms with Gasteiger partial charge in [-0.15, -0.1) is 10.2 Å². The average Bonchev–Trinajstić information content (AvgIpc) is 3.41. The van der Waals surface area contributed by atoms with Crippen molar-refractivity contribution < 1.29 is 9.59 Å². The highest BCUT2D eigenvalue weighted by atomic mass is 32.2. The van der Waals surface area contributed by atoms with Gasteiger partial charge in [-0.2, -0.15) is 0 Å². The zero-order chi connectivity index (χ0) is 23.3. The van der Waals surface area contributed by atoms with Gasteiger partial charge in [-0.05, 0) is 48.9 Å². The van der Waals surface area contributed by atoms with Gasteiger partial charge < -0.3 is 14.8 Å². The van der Waals surface area contributed by atoms with Gasteiger partial charge in [0.1, 0.15) is 5.82 Å². The van der Waals surface area contributed by atoms with Crippen molar-refractivity contribution in [1.82, 2.24) is 25.0 Å². The molecule has 2 fully saturated rings. The molecule has 8 heteroatoms. The van der Waals surface area contributed by atoms with Crippen LogP contribution in [0.2, 0.25) is 0 Å². The van der Waals surface area contributed by atoms with Crippen LogP contribution in [-0.2, 0) is 17.9 Å². The van der Waals surface area contributed by atoms with Crippen molar-refractivity contribution in [2.45, 2.75) is 49.8 Å². The van der Waals surface area contributed by atoms with Gasteiger partial charge in [-0.1, -0.05) is 54.2 Å². The van der Waals surface area contributed by atoms with Crippen LogP contribution < -0.4 is 5.32 Å². The molecule has 0 bridgehead atoms. The molecule has 1 aliphatic carbocycles. The molecule has 0 spiro atoms. The molecule has 1 aliphatic heterocycles. The third-order valence-electron chi connectivity index (χ3n) is 6.29. The summed E-state index contributed by atoms with van der Waals surface area (Å²) in [5.74, 6) is 1.83. The molecule has 3 aromatic rings. The zero-order valence-electron chi connectivity index (χ0n) is 19.2. The van der Waals surface area contributed by atoms with E-state index in [4.69, 9.17) is 0 Å². The van der Waals surface area contributed by atoms with Crippen LogP contribution in [0, 0.1) is 0 Å². The van der Waals surface area contributed by atoms with Crippen LogP contribution in [0.1, 0.15) is 58.9 Å². The lowest BCUT2D eigenvalue weighted by Crippen LogP contribution is -2.27. The maximum atomic E-state index is 12.5. The summed E-state index contributed by atoms with van der Waals surface area (Å²) >= 11 is 1.42. The van der Waals surface area contributed by atoms with Gasteiger partial charge in [0.15, 0.2) is 5.16 Å². The van der Waals surface area contributed by atoms with Gasteiger partial charge >= 0.3 is 0 Å². The van der Waals surface area contributed by atoms with E-state index in [2.05, 4.69) is 32.2 Å². The molecule has 176 valence electrons. The summed E-state index contributed by atoms with van der Waals surface area (Å²) in [7, 11) is 0. The number of benzene rings is 2. The van der Waals surface area contributed by atoms with E-state index in [1.54, 1.807) is 0 Å². The summed E-state index contributed by atoms with van der Waals surface area (Å²) in [6.45, 7) is 2.83. The SMILES string of the molecule is O=C(CSc1nnc(C2CC2)n1Cc1ccccc1)NCc1ccc(C(=O)N2CCCC2)cc1. The normalized spacial score (nSPS) is 15.5. The van der Waals surface area contributed by atoms with Gasteiger partial charge in [0, 0.05) is 31.1 Å². The monoisotopic (exact) mass is 475 g/mol. The van der Waals surface area contributed by atoms with E-state index < -0.39 is 0 Å². The summed E-state index contributed by atoms with van der Waals surface area (Å²) in [6, 6.07) is 17.8. The fourth-order valence-corrected chi connectivity index (χ4v) is 4.99. The van der Waals surface area contributed by atoms with E-state index in [0.717, 1.165) is 55.3 Å². The van der Waals surface area contributed by atoms with Crippen molar-refractivity contribution in [3.05, 3.63) is 77.1 Å². The number of amides is 2. The number of hydrogen-bond donors (Lipinski definition) is 1. The second-order valence-corrected chi connectivity index (χ2v) is 9.89. The fourth-order valence-electron chi connectivity index (χ4n) is 4.21. The summed E-state index contributed by atoms with van der Waals surface area (Å²) in [6.07, 6.45) is 4.47. The Bertz CT molecular complexity index is 1140. The minimum Gasteiger partial charge on any atom is -0.351 e. The number of carbonyl (C=O) groups excluding carboxylic acids is 2. The Hall–Kier alpha value is -3.13. The first-order valence-corrected chi connectivity index (χ1v) is 12.9. The minimum atomic E-state index is -0.0514. The molecule has 2 heterocycles. The van der Waals surface area contributed by atoms with Gasteiger partial charge in [-0.25, -0.2) is 0 Å². The lowest BCUT2D eigenvalue weighted by atomic mass is 10.1. The second kappa shape index (κ2) is 10.4. The van der Waals surface area contributed by atoms with Crippen molar-refractivity contribution >= 4 is 23.6 Å². The molecule has 0 atom stereocenters. The van der Waals surface area contributed by atoms with Gasteiger partial charge in [0.25, 0.3) is 5.91 Å². The van der Waals surface area contributed by atoms with E-state index in [9.17, 15) is 9.59 Å². The summed E-state index contributed by atoms with van der Waals surface area (Å²) in [5, 5.41) is 12.6. The maximum absolute atomic E-state index is 12.5. The predicted molar refractivity (Wildman–Crippen MR) is 132 cm³/mol. The Morgan fingerprint density at radius 3 is 2.38 bits per heavy atom. The quantitative estimate of drug-likeness (QED) is 0.476. The van der Waals surface area contributed by atoms with Crippen molar-refractivity contribution in [3.63, 3.8) is 0 Å². The lowest BCUT2D eigenvalue weighted by molar-refractivity contribution is -0.118. The Kier molecular flexibility index (Phi) is 6.94. The number of thioether (sulfide) groups is 1. The van der Waals surface area contributed by atoms with Crippen molar-refractivity contribution in [1.29, 1.82) is 0 Å². The van der Waals surface area contributed by atoms with Crippen LogP contribution in [0.3, 0.4) is 0 Å². The summed E-state index contributed by atoms with van der Waals surface area (Å²) < 4.78 is 2.15. The first-order valence-electron chi connectivity index (χ1n) is 11.9. The number of nitrogens with zero attached hydrogens (tertiary/aromatic N) is 4. The number of carbonyl (C=O) groups is 2. The molecule has 1 N–H and O–H groups in total. The summed E-state index contributed by atoms with van der Waals surface area (Å²) in [4.78, 5) is 26.9. The number of aromatic nitrogens is 3. The van der Waals surface area contributed by atoms with Crippen LogP contribution in [0.4, 0.5) is 0 Å². The second-order valence-electron chi connectivity index (χ2n) is 8.95. The topological polar surface area (TPSA) is 80.1 Å². The van der Waals surface area contributed by atoms with Crippen LogP contribution in [0.5, 0.6) is 0 Å². The van der Waals surface area contributed by atoms with Crippen molar-refractivity contribution in [2.75, 3.05) is 18.8 Å².